The fourth-order valence-corrected chi connectivity index (χ4v) is 6.73. The molecular weight excluding hydrogens is 881 g/mol. The molecule has 3 aliphatic rings. The number of rotatable bonds is 13. The van der Waals surface area contributed by atoms with Crippen LogP contribution in [0.25, 0.3) is 0 Å². The zero-order valence-corrected chi connectivity index (χ0v) is 43.5. The smallest absolute Gasteiger partial charge is 0.138 e. The van der Waals surface area contributed by atoms with Gasteiger partial charge in [0.05, 0.1) is 63.0 Å². The molecule has 15 nitrogen and oxygen atoms in total. The average molecular weight is 965 g/mol. The number of anilines is 5. The molecule has 0 saturated heterocycles. The van der Waals surface area contributed by atoms with Crippen LogP contribution in [-0.2, 0) is 0 Å². The van der Waals surface area contributed by atoms with Crippen LogP contribution < -0.4 is 52.4 Å². The summed E-state index contributed by atoms with van der Waals surface area (Å²) in [4.78, 5) is 19.9. The average Bonchev–Trinajstić information content (AvgIpc) is 4.08. The molecule has 3 saturated carbocycles. The van der Waals surface area contributed by atoms with E-state index < -0.39 is 0 Å². The van der Waals surface area contributed by atoms with Crippen LogP contribution in [0, 0.1) is 28.1 Å². The Balaban J connectivity index is 0.000000191. The van der Waals surface area contributed by atoms with E-state index in [9.17, 15) is 0 Å². The summed E-state index contributed by atoms with van der Waals surface area (Å²) < 4.78 is 28.4. The molecule has 384 valence electrons. The van der Waals surface area contributed by atoms with Crippen molar-refractivity contribution in [2.24, 2.45) is 28.1 Å². The maximum absolute atomic E-state index is 5.84. The molecule has 5 aromatic heterocycles. The highest BCUT2D eigenvalue weighted by Crippen LogP contribution is 2.45. The molecular formula is C55H84N10O5. The van der Waals surface area contributed by atoms with Crippen LogP contribution >= 0.6 is 0 Å². The summed E-state index contributed by atoms with van der Waals surface area (Å²) in [7, 11) is 0. The van der Waals surface area contributed by atoms with Gasteiger partial charge in [0.1, 0.15) is 57.8 Å². The first-order valence-electron chi connectivity index (χ1n) is 25.0. The monoisotopic (exact) mass is 965 g/mol. The number of nitrogens with zero attached hydrogens (tertiary/aromatic N) is 5. The van der Waals surface area contributed by atoms with Crippen molar-refractivity contribution in [2.75, 3.05) is 48.5 Å². The van der Waals surface area contributed by atoms with Crippen molar-refractivity contribution in [1.29, 1.82) is 0 Å². The first-order valence-corrected chi connectivity index (χ1v) is 25.0. The maximum atomic E-state index is 5.84. The molecule has 3 aliphatic carbocycles. The van der Waals surface area contributed by atoms with E-state index in [4.69, 9.17) is 52.4 Å². The first-order chi connectivity index (χ1) is 33.2. The molecule has 0 aromatic carbocycles. The Morgan fingerprint density at radius 1 is 0.471 bits per heavy atom. The number of nitrogens with two attached hydrogens (primary N) is 5. The minimum absolute atomic E-state index is 0.168. The molecule has 0 unspecified atom stereocenters. The number of hydrogen-bond donors (Lipinski definition) is 5. The highest BCUT2D eigenvalue weighted by molar-refractivity contribution is 5.35. The summed E-state index contributed by atoms with van der Waals surface area (Å²) in [6.07, 6.45) is 22.5. The summed E-state index contributed by atoms with van der Waals surface area (Å²) in [5.41, 5.74) is 28.2. The number of aromatic nitrogens is 5. The number of pyridine rings is 5. The highest BCUT2D eigenvalue weighted by atomic mass is 16.5. The molecule has 0 spiro atoms. The molecule has 8 rings (SSSR count). The van der Waals surface area contributed by atoms with E-state index in [0.29, 0.717) is 59.9 Å². The minimum atomic E-state index is 0.168. The second-order valence-corrected chi connectivity index (χ2v) is 21.3. The molecule has 5 aromatic rings. The Morgan fingerprint density at radius 3 is 1.07 bits per heavy atom. The van der Waals surface area contributed by atoms with E-state index in [-0.39, 0.29) is 10.8 Å². The van der Waals surface area contributed by atoms with Gasteiger partial charge in [-0.15, -0.1) is 0 Å². The Labute approximate surface area is 418 Å². The molecule has 3 fully saturated rings. The lowest BCUT2D eigenvalue weighted by molar-refractivity contribution is 0.135. The third-order valence-corrected chi connectivity index (χ3v) is 12.3. The van der Waals surface area contributed by atoms with Gasteiger partial charge in [-0.05, 0) is 154 Å². The summed E-state index contributed by atoms with van der Waals surface area (Å²) in [5.74, 6) is 8.39. The molecule has 0 amide bonds. The van der Waals surface area contributed by atoms with Gasteiger partial charge in [0.25, 0.3) is 0 Å². The molecule has 0 atom stereocenters. The van der Waals surface area contributed by atoms with Crippen LogP contribution in [0.4, 0.5) is 29.1 Å². The molecule has 0 radical (unpaired) electrons. The van der Waals surface area contributed by atoms with Gasteiger partial charge in [-0.2, -0.15) is 0 Å². The van der Waals surface area contributed by atoms with Crippen molar-refractivity contribution in [3.05, 3.63) is 91.6 Å². The van der Waals surface area contributed by atoms with Gasteiger partial charge < -0.3 is 52.4 Å². The Morgan fingerprint density at radius 2 is 0.786 bits per heavy atom. The molecule has 10 N–H and O–H groups in total. The quantitative estimate of drug-likeness (QED) is 0.0737. The van der Waals surface area contributed by atoms with Crippen LogP contribution in [0.1, 0.15) is 133 Å². The van der Waals surface area contributed by atoms with Crippen molar-refractivity contribution >= 4 is 29.1 Å². The molecule has 5 heterocycles. The maximum Gasteiger partial charge on any atom is 0.138 e. The lowest BCUT2D eigenvalue weighted by Gasteiger charge is -2.26. The Bertz CT molecular complexity index is 2050. The highest BCUT2D eigenvalue weighted by Gasteiger charge is 2.38. The standard InChI is InChI=1S/2C12H18N2O.C11H18N2O.C10H14N2O.C10H16N2O/c2*1-9-2-4-10(5-3-9)15-11-6-7-12(13)14-8-11;1-4-11(2,3)8-14-9-5-6-10(12)13-7-9;1-10(4-5-10)7-13-8-2-3-9(11)12-6-8;1-10(2,3)7-13-8-4-5-9(11)12-6-8/h2*6-10H,2-5H2,1H3,(H2,13,14);5-7H,4,8H2,1-3H3,(H2,12,13);2-3,6H,4-5,7H2,1H3,(H2,11,12);4-6H,7H2,1-3H3,(H2,11,12). The van der Waals surface area contributed by atoms with Gasteiger partial charge in [0, 0.05) is 5.41 Å². The van der Waals surface area contributed by atoms with Crippen LogP contribution in [0.3, 0.4) is 0 Å². The van der Waals surface area contributed by atoms with E-state index >= 15 is 0 Å². The largest absolute Gasteiger partial charge is 0.491 e. The van der Waals surface area contributed by atoms with Gasteiger partial charge in [0.2, 0.25) is 0 Å². The van der Waals surface area contributed by atoms with E-state index in [2.05, 4.69) is 87.2 Å². The van der Waals surface area contributed by atoms with E-state index in [1.165, 1.54) is 38.5 Å². The Hall–Kier alpha value is -6.25. The van der Waals surface area contributed by atoms with Crippen LogP contribution in [-0.4, -0.2) is 56.9 Å². The van der Waals surface area contributed by atoms with Gasteiger partial charge in [-0.1, -0.05) is 62.3 Å². The van der Waals surface area contributed by atoms with Gasteiger partial charge in [-0.25, -0.2) is 24.9 Å². The first kappa shape index (κ1) is 56.3. The second kappa shape index (κ2) is 27.8. The van der Waals surface area contributed by atoms with Crippen LogP contribution in [0.5, 0.6) is 28.7 Å². The third-order valence-electron chi connectivity index (χ3n) is 12.3. The van der Waals surface area contributed by atoms with Crippen molar-refractivity contribution in [1.82, 2.24) is 24.9 Å². The molecule has 70 heavy (non-hydrogen) atoms. The zero-order valence-electron chi connectivity index (χ0n) is 43.5. The van der Waals surface area contributed by atoms with E-state index in [1.807, 2.05) is 30.3 Å². The SMILES string of the molecule is CC(C)(C)COc1ccc(N)nc1.CC1(COc2ccc(N)nc2)CC1.CC1CCC(Oc2ccc(N)nc2)CC1.CC1CCC(Oc2ccc(N)nc2)CC1.CCC(C)(C)COc1ccc(N)nc1. The third kappa shape index (κ3) is 23.9. The summed E-state index contributed by atoms with van der Waals surface area (Å²) in [6, 6.07) is 18.1. The van der Waals surface area contributed by atoms with Crippen molar-refractivity contribution < 1.29 is 23.7 Å². The molecule has 0 aliphatic heterocycles. The summed E-state index contributed by atoms with van der Waals surface area (Å²) in [6.45, 7) is 21.9. The minimum Gasteiger partial charge on any atom is -0.491 e. The predicted molar refractivity (Wildman–Crippen MR) is 285 cm³/mol. The van der Waals surface area contributed by atoms with Gasteiger partial charge >= 0.3 is 0 Å². The van der Waals surface area contributed by atoms with Crippen molar-refractivity contribution in [3.8, 4) is 28.7 Å². The fraction of sp³-hybridized carbons (Fsp3) is 0.545. The van der Waals surface area contributed by atoms with E-state index in [0.717, 1.165) is 79.3 Å². The predicted octanol–water partition coefficient (Wildman–Crippen LogP) is 11.7. The van der Waals surface area contributed by atoms with Crippen molar-refractivity contribution in [2.45, 2.75) is 145 Å². The molecule has 15 heteroatoms. The number of hydrogen-bond acceptors (Lipinski definition) is 15. The number of nitrogen functional groups attached to an aromatic ring is 5. The summed E-state index contributed by atoms with van der Waals surface area (Å²) in [5, 5.41) is 0. The fourth-order valence-electron chi connectivity index (χ4n) is 6.73. The van der Waals surface area contributed by atoms with Crippen LogP contribution in [0.15, 0.2) is 91.6 Å². The topological polar surface area (TPSA) is 241 Å². The van der Waals surface area contributed by atoms with Crippen molar-refractivity contribution in [3.63, 3.8) is 0 Å². The van der Waals surface area contributed by atoms with Gasteiger partial charge in [0.15, 0.2) is 0 Å². The van der Waals surface area contributed by atoms with E-state index in [1.54, 1.807) is 61.3 Å². The second-order valence-electron chi connectivity index (χ2n) is 21.3. The molecule has 0 bridgehead atoms. The van der Waals surface area contributed by atoms with Gasteiger partial charge in [-0.3, -0.25) is 0 Å². The van der Waals surface area contributed by atoms with Crippen LogP contribution in [0.2, 0.25) is 0 Å². The zero-order chi connectivity index (χ0) is 51.2. The normalized spacial score (nSPS) is 19.0. The lowest BCUT2D eigenvalue weighted by Crippen LogP contribution is -2.23. The Kier molecular flexibility index (Phi) is 22.4. The summed E-state index contributed by atoms with van der Waals surface area (Å²) >= 11 is 0. The lowest BCUT2D eigenvalue weighted by atomic mass is 9.89. The number of ether oxygens (including phenoxy) is 5.